The monoisotopic (exact) mass is 601 g/mol. The van der Waals surface area contributed by atoms with Crippen molar-refractivity contribution in [1.29, 1.82) is 0 Å². The van der Waals surface area contributed by atoms with E-state index in [0.29, 0.717) is 22.2 Å². The zero-order valence-corrected chi connectivity index (χ0v) is 22.9. The number of hydrogen-bond donors (Lipinski definition) is 3. The van der Waals surface area contributed by atoms with Gasteiger partial charge in [-0.3, -0.25) is 4.79 Å². The number of aliphatic carboxylic acids is 1. The summed E-state index contributed by atoms with van der Waals surface area (Å²) in [5, 5.41) is 33.2. The number of fused-ring (bicyclic) bond motifs is 3. The molecule has 3 aliphatic rings. The number of nitrogens with zero attached hydrogens (tertiary/aromatic N) is 2. The molecule has 0 spiro atoms. The number of carboxylic acids is 1. The average Bonchev–Trinajstić information content (AvgIpc) is 2.99. The summed E-state index contributed by atoms with van der Waals surface area (Å²) in [5.41, 5.74) is -1.05. The third kappa shape index (κ3) is 7.30. The molecule has 3 N–H and O–H groups in total. The minimum Gasteiger partial charge on any atom is -0.542 e. The zero-order valence-electron chi connectivity index (χ0n) is 22.9. The van der Waals surface area contributed by atoms with E-state index in [9.17, 15) is 33.0 Å². The van der Waals surface area contributed by atoms with Crippen LogP contribution in [0.15, 0.2) is 79.0 Å². The van der Waals surface area contributed by atoms with Gasteiger partial charge in [0.1, 0.15) is 12.5 Å². The Labute approximate surface area is 245 Å². The molecule has 0 unspecified atom stereocenters. The second kappa shape index (κ2) is 12.8. The summed E-state index contributed by atoms with van der Waals surface area (Å²) in [6, 6.07) is 20.7. The predicted molar refractivity (Wildman–Crippen MR) is 144 cm³/mol. The van der Waals surface area contributed by atoms with Crippen molar-refractivity contribution in [2.75, 3.05) is 31.5 Å². The highest BCUT2D eigenvalue weighted by Gasteiger charge is 2.51. The third-order valence-electron chi connectivity index (χ3n) is 7.73. The van der Waals surface area contributed by atoms with E-state index in [1.54, 1.807) is 54.6 Å². The number of anilines is 1. The molecule has 1 atom stereocenters. The lowest BCUT2D eigenvalue weighted by atomic mass is 9.82. The van der Waals surface area contributed by atoms with Gasteiger partial charge in [0.15, 0.2) is 24.2 Å². The van der Waals surface area contributed by atoms with Crippen LogP contribution in [-0.4, -0.2) is 76.0 Å². The molecule has 3 saturated heterocycles. The summed E-state index contributed by atoms with van der Waals surface area (Å²) in [6.07, 6.45) is -2.44. The number of halogens is 3. The molecular weight excluding hydrogens is 571 g/mol. The van der Waals surface area contributed by atoms with Gasteiger partial charge in [-0.15, -0.1) is 0 Å². The number of esters is 1. The van der Waals surface area contributed by atoms with Crippen molar-refractivity contribution in [3.05, 3.63) is 90.1 Å². The van der Waals surface area contributed by atoms with Crippen LogP contribution < -0.4 is 10.4 Å². The van der Waals surface area contributed by atoms with Gasteiger partial charge in [-0.05, 0) is 23.3 Å². The summed E-state index contributed by atoms with van der Waals surface area (Å²) in [4.78, 5) is 39.3. The Kier molecular flexibility index (Phi) is 9.36. The number of quaternary nitrogens is 1. The van der Waals surface area contributed by atoms with Crippen molar-refractivity contribution in [2.45, 2.75) is 30.7 Å². The first-order chi connectivity index (χ1) is 20.3. The van der Waals surface area contributed by atoms with Gasteiger partial charge >= 0.3 is 12.1 Å². The largest absolute Gasteiger partial charge is 0.542 e. The third-order valence-corrected chi connectivity index (χ3v) is 7.73. The second-order valence-corrected chi connectivity index (χ2v) is 10.6. The summed E-state index contributed by atoms with van der Waals surface area (Å²) >= 11 is 0. The number of pyridine rings is 1. The molecule has 228 valence electrons. The smallest absolute Gasteiger partial charge is 0.430 e. The van der Waals surface area contributed by atoms with Crippen LogP contribution in [0.2, 0.25) is 0 Å². The SMILES string of the molecule is O=C(C[N+]12CCC(CC1)[C@@H](OC(=O)C(O)(c1ccccc1)c1ccccc1)C2)Nc1ncccc1O.O=C([O-])C(F)(F)F. The first-order valence-corrected chi connectivity index (χ1v) is 13.5. The van der Waals surface area contributed by atoms with Crippen molar-refractivity contribution in [3.63, 3.8) is 0 Å². The number of carbonyl (C=O) groups is 3. The van der Waals surface area contributed by atoms with E-state index in [0.717, 1.165) is 25.9 Å². The number of hydrogen-bond acceptors (Lipinski definition) is 8. The van der Waals surface area contributed by atoms with E-state index >= 15 is 0 Å². The number of amides is 1. The van der Waals surface area contributed by atoms with Crippen molar-refractivity contribution < 1.29 is 52.1 Å². The first-order valence-electron chi connectivity index (χ1n) is 13.5. The number of alkyl halides is 3. The molecule has 2 aromatic carbocycles. The van der Waals surface area contributed by atoms with E-state index in [4.69, 9.17) is 14.6 Å². The van der Waals surface area contributed by atoms with Crippen LogP contribution in [-0.2, 0) is 24.7 Å². The lowest BCUT2D eigenvalue weighted by Crippen LogP contribution is -2.66. The van der Waals surface area contributed by atoms with Crippen LogP contribution in [0.1, 0.15) is 24.0 Å². The Bertz CT molecular complexity index is 1390. The summed E-state index contributed by atoms with van der Waals surface area (Å²) in [7, 11) is 0. The summed E-state index contributed by atoms with van der Waals surface area (Å²) in [6.45, 7) is 2.31. The van der Waals surface area contributed by atoms with Gasteiger partial charge in [0.25, 0.3) is 5.91 Å². The minimum atomic E-state index is -5.19. The molecule has 6 rings (SSSR count). The Balaban J connectivity index is 0.000000541. The van der Waals surface area contributed by atoms with Crippen LogP contribution in [0.3, 0.4) is 0 Å². The fourth-order valence-corrected chi connectivity index (χ4v) is 5.53. The van der Waals surface area contributed by atoms with E-state index in [1.165, 1.54) is 12.3 Å². The van der Waals surface area contributed by atoms with Gasteiger partial charge in [-0.25, -0.2) is 9.78 Å². The summed E-state index contributed by atoms with van der Waals surface area (Å²) in [5.74, 6) is -3.73. The van der Waals surface area contributed by atoms with E-state index < -0.39 is 29.8 Å². The number of ether oxygens (including phenoxy) is 1. The maximum atomic E-state index is 13.6. The van der Waals surface area contributed by atoms with E-state index in [-0.39, 0.29) is 29.9 Å². The van der Waals surface area contributed by atoms with Crippen LogP contribution >= 0.6 is 0 Å². The Morgan fingerprint density at radius 3 is 1.98 bits per heavy atom. The number of carbonyl (C=O) groups excluding carboxylic acids is 3. The molecule has 3 fully saturated rings. The number of aromatic nitrogens is 1. The topological polar surface area (TPSA) is 149 Å². The predicted octanol–water partition coefficient (Wildman–Crippen LogP) is 2.11. The average molecular weight is 602 g/mol. The Morgan fingerprint density at radius 1 is 0.953 bits per heavy atom. The number of carboxylic acid groups (broad SMARTS) is 1. The maximum absolute atomic E-state index is 13.6. The number of rotatable bonds is 7. The van der Waals surface area contributed by atoms with E-state index in [2.05, 4.69) is 10.3 Å². The molecule has 1 aromatic heterocycles. The first kappa shape index (κ1) is 31.4. The molecule has 43 heavy (non-hydrogen) atoms. The Morgan fingerprint density at radius 2 is 1.49 bits per heavy atom. The van der Waals surface area contributed by atoms with Crippen LogP contribution in [0.5, 0.6) is 5.75 Å². The standard InChI is InChI=1S/C28H29N3O5.C2HF3O2/c32-23-12-7-15-29-26(23)30-25(33)19-31-16-13-20(14-17-31)24(18-31)36-27(34)28(35,21-8-3-1-4-9-21)22-10-5-2-6-11-22;3-2(4,5)1(6)7/h1-12,15,20,24,35H,13-14,16-19H2,(H-,29,30,32,33);(H,6,7)/t20?,24-,31?;/m0./s1. The van der Waals surface area contributed by atoms with Gasteiger partial charge in [0.05, 0.1) is 13.1 Å². The molecular formula is C30H30F3N3O7. The molecule has 0 aliphatic carbocycles. The van der Waals surface area contributed by atoms with Gasteiger partial charge in [0, 0.05) is 25.0 Å². The minimum absolute atomic E-state index is 0.0869. The fourth-order valence-electron chi connectivity index (χ4n) is 5.53. The van der Waals surface area contributed by atoms with Crippen molar-refractivity contribution >= 4 is 23.7 Å². The highest BCUT2D eigenvalue weighted by atomic mass is 19.4. The van der Waals surface area contributed by atoms with Gasteiger partial charge in [0.2, 0.25) is 5.60 Å². The van der Waals surface area contributed by atoms with Crippen LogP contribution in [0.25, 0.3) is 0 Å². The van der Waals surface area contributed by atoms with Crippen molar-refractivity contribution in [2.24, 2.45) is 5.92 Å². The number of aliphatic hydroxyl groups is 1. The molecule has 0 radical (unpaired) electrons. The molecule has 3 aromatic rings. The lowest BCUT2D eigenvalue weighted by molar-refractivity contribution is -0.939. The number of nitrogens with one attached hydrogen (secondary N) is 1. The molecule has 3 aliphatic heterocycles. The van der Waals surface area contributed by atoms with Crippen molar-refractivity contribution in [1.82, 2.24) is 4.98 Å². The fraction of sp³-hybridized carbons (Fsp3) is 0.333. The maximum Gasteiger partial charge on any atom is 0.430 e. The van der Waals surface area contributed by atoms with Crippen molar-refractivity contribution in [3.8, 4) is 5.75 Å². The second-order valence-electron chi connectivity index (χ2n) is 10.6. The molecule has 13 heteroatoms. The number of piperidine rings is 3. The van der Waals surface area contributed by atoms with Gasteiger partial charge < -0.3 is 34.7 Å². The number of benzene rings is 2. The molecule has 4 heterocycles. The van der Waals surface area contributed by atoms with Crippen LogP contribution in [0.4, 0.5) is 19.0 Å². The number of aromatic hydroxyl groups is 1. The quantitative estimate of drug-likeness (QED) is 0.276. The highest BCUT2D eigenvalue weighted by molar-refractivity contribution is 5.92. The molecule has 10 nitrogen and oxygen atoms in total. The molecule has 0 saturated carbocycles. The highest BCUT2D eigenvalue weighted by Crippen LogP contribution is 2.38. The normalized spacial score (nSPS) is 21.2. The zero-order chi connectivity index (χ0) is 31.3. The Hall–Kier alpha value is -4.49. The molecule has 1 amide bonds. The van der Waals surface area contributed by atoms with Crippen LogP contribution in [0, 0.1) is 5.92 Å². The van der Waals surface area contributed by atoms with Gasteiger partial charge in [-0.1, -0.05) is 60.7 Å². The van der Waals surface area contributed by atoms with E-state index in [1.807, 2.05) is 12.1 Å². The lowest BCUT2D eigenvalue weighted by Gasteiger charge is -2.51. The summed E-state index contributed by atoms with van der Waals surface area (Å²) < 4.78 is 38.1. The molecule has 2 bridgehead atoms. The van der Waals surface area contributed by atoms with Gasteiger partial charge in [-0.2, -0.15) is 13.2 Å².